The molecule has 2 aromatic heterocycles. The number of fused-ring (bicyclic) bond motifs is 3. The number of rotatable bonds is 0. The van der Waals surface area contributed by atoms with Crippen molar-refractivity contribution in [3.8, 4) is 0 Å². The van der Waals surface area contributed by atoms with Crippen molar-refractivity contribution in [1.29, 1.82) is 0 Å². The molecule has 0 radical (unpaired) electrons. The normalized spacial score (nSPS) is 11.1. The molecule has 0 N–H and O–H groups in total. The van der Waals surface area contributed by atoms with E-state index in [2.05, 4.69) is 22.4 Å². The molecule has 2 heterocycles. The summed E-state index contributed by atoms with van der Waals surface area (Å²) in [6.45, 7) is 0. The zero-order valence-electron chi connectivity index (χ0n) is 6.88. The van der Waals surface area contributed by atoms with Crippen LogP contribution in [0, 0.1) is 0 Å². The van der Waals surface area contributed by atoms with E-state index in [1.54, 1.807) is 6.20 Å². The SMILES string of the molecule is c1ccc2c(c1)ccc1cnnn12. The first-order chi connectivity index (χ1) is 6.45. The molecule has 3 aromatic rings. The zero-order chi connectivity index (χ0) is 8.67. The second-order valence-electron chi connectivity index (χ2n) is 2.96. The van der Waals surface area contributed by atoms with Crippen LogP contribution in [0.2, 0.25) is 0 Å². The van der Waals surface area contributed by atoms with Gasteiger partial charge in [-0.1, -0.05) is 29.5 Å². The van der Waals surface area contributed by atoms with E-state index in [0.29, 0.717) is 0 Å². The van der Waals surface area contributed by atoms with E-state index in [9.17, 15) is 0 Å². The van der Waals surface area contributed by atoms with Crippen LogP contribution < -0.4 is 0 Å². The van der Waals surface area contributed by atoms with E-state index >= 15 is 0 Å². The molecule has 3 nitrogen and oxygen atoms in total. The van der Waals surface area contributed by atoms with Gasteiger partial charge in [-0.25, -0.2) is 4.52 Å². The van der Waals surface area contributed by atoms with E-state index in [1.165, 1.54) is 5.39 Å². The van der Waals surface area contributed by atoms with Crippen LogP contribution in [-0.4, -0.2) is 14.8 Å². The first-order valence-corrected chi connectivity index (χ1v) is 4.13. The standard InChI is InChI=1S/C10H7N3/c1-2-4-10-8(3-1)5-6-9-7-11-12-13(9)10/h1-7H. The Labute approximate surface area is 74.6 Å². The zero-order valence-corrected chi connectivity index (χ0v) is 6.88. The molecular formula is C10H7N3. The van der Waals surface area contributed by atoms with E-state index in [0.717, 1.165) is 11.0 Å². The molecule has 62 valence electrons. The molecule has 1 aromatic carbocycles. The largest absolute Gasteiger partial charge is 0.213 e. The fourth-order valence-corrected chi connectivity index (χ4v) is 1.54. The van der Waals surface area contributed by atoms with Gasteiger partial charge in [0.15, 0.2) is 0 Å². The Hall–Kier alpha value is -1.90. The van der Waals surface area contributed by atoms with Gasteiger partial charge in [-0.3, -0.25) is 0 Å². The average molecular weight is 169 g/mol. The number of benzene rings is 1. The minimum atomic E-state index is 1.03. The van der Waals surface area contributed by atoms with Crippen LogP contribution in [0.5, 0.6) is 0 Å². The molecular weight excluding hydrogens is 162 g/mol. The molecule has 0 atom stereocenters. The van der Waals surface area contributed by atoms with Crippen LogP contribution in [-0.2, 0) is 0 Å². The smallest absolute Gasteiger partial charge is 0.0872 e. The van der Waals surface area contributed by atoms with Crippen molar-refractivity contribution in [1.82, 2.24) is 14.8 Å². The van der Waals surface area contributed by atoms with Gasteiger partial charge in [0.1, 0.15) is 0 Å². The highest BCUT2D eigenvalue weighted by molar-refractivity contribution is 5.81. The van der Waals surface area contributed by atoms with Crippen LogP contribution in [0.15, 0.2) is 42.6 Å². The van der Waals surface area contributed by atoms with Crippen molar-refractivity contribution in [3.63, 3.8) is 0 Å². The fourth-order valence-electron chi connectivity index (χ4n) is 1.54. The third-order valence-electron chi connectivity index (χ3n) is 2.17. The first-order valence-electron chi connectivity index (χ1n) is 4.13. The lowest BCUT2D eigenvalue weighted by molar-refractivity contribution is 0.882. The fraction of sp³-hybridized carbons (Fsp3) is 0. The molecule has 0 amide bonds. The summed E-state index contributed by atoms with van der Waals surface area (Å²) in [5.41, 5.74) is 2.12. The second kappa shape index (κ2) is 2.29. The molecule has 0 aliphatic heterocycles. The molecule has 0 aliphatic rings. The molecule has 0 saturated heterocycles. The van der Waals surface area contributed by atoms with Crippen molar-refractivity contribution in [2.24, 2.45) is 0 Å². The molecule has 13 heavy (non-hydrogen) atoms. The molecule has 0 unspecified atom stereocenters. The van der Waals surface area contributed by atoms with Gasteiger partial charge in [-0.2, -0.15) is 0 Å². The van der Waals surface area contributed by atoms with Gasteiger partial charge >= 0.3 is 0 Å². The number of nitrogens with zero attached hydrogens (tertiary/aromatic N) is 3. The highest BCUT2D eigenvalue weighted by Gasteiger charge is 1.98. The summed E-state index contributed by atoms with van der Waals surface area (Å²) >= 11 is 0. The molecule has 0 spiro atoms. The van der Waals surface area contributed by atoms with Gasteiger partial charge in [0.2, 0.25) is 0 Å². The Kier molecular flexibility index (Phi) is 1.16. The van der Waals surface area contributed by atoms with Crippen LogP contribution in [0.25, 0.3) is 16.4 Å². The Morgan fingerprint density at radius 3 is 2.92 bits per heavy atom. The topological polar surface area (TPSA) is 30.2 Å². The predicted octanol–water partition coefficient (Wildman–Crippen LogP) is 1.88. The van der Waals surface area contributed by atoms with Crippen molar-refractivity contribution in [3.05, 3.63) is 42.6 Å². The lowest BCUT2D eigenvalue weighted by atomic mass is 10.2. The molecule has 0 saturated carbocycles. The van der Waals surface area contributed by atoms with E-state index in [4.69, 9.17) is 0 Å². The van der Waals surface area contributed by atoms with E-state index in [-0.39, 0.29) is 0 Å². The molecule has 0 aliphatic carbocycles. The quantitative estimate of drug-likeness (QED) is 0.514. The van der Waals surface area contributed by atoms with E-state index < -0.39 is 0 Å². The third kappa shape index (κ3) is 0.839. The highest BCUT2D eigenvalue weighted by Crippen LogP contribution is 2.14. The first kappa shape index (κ1) is 6.60. The molecule has 0 bridgehead atoms. The van der Waals surface area contributed by atoms with Crippen molar-refractivity contribution in [2.45, 2.75) is 0 Å². The minimum Gasteiger partial charge on any atom is -0.213 e. The van der Waals surface area contributed by atoms with Crippen molar-refractivity contribution < 1.29 is 0 Å². The number of hydrogen-bond donors (Lipinski definition) is 0. The van der Waals surface area contributed by atoms with Crippen LogP contribution in [0.3, 0.4) is 0 Å². The predicted molar refractivity (Wildman–Crippen MR) is 50.5 cm³/mol. The Morgan fingerprint density at radius 2 is 1.92 bits per heavy atom. The second-order valence-corrected chi connectivity index (χ2v) is 2.96. The maximum atomic E-state index is 4.01. The summed E-state index contributed by atoms with van der Waals surface area (Å²) in [6.07, 6.45) is 1.76. The van der Waals surface area contributed by atoms with Crippen molar-refractivity contribution in [2.75, 3.05) is 0 Å². The summed E-state index contributed by atoms with van der Waals surface area (Å²) < 4.78 is 1.84. The van der Waals surface area contributed by atoms with Gasteiger partial charge in [-0.15, -0.1) is 5.10 Å². The van der Waals surface area contributed by atoms with Crippen LogP contribution >= 0.6 is 0 Å². The third-order valence-corrected chi connectivity index (χ3v) is 2.17. The number of pyridine rings is 1. The number of hydrogen-bond acceptors (Lipinski definition) is 2. The Morgan fingerprint density at radius 1 is 1.00 bits per heavy atom. The molecule has 3 rings (SSSR count). The van der Waals surface area contributed by atoms with E-state index in [1.807, 2.05) is 28.8 Å². The summed E-state index contributed by atoms with van der Waals surface area (Å²) in [6, 6.07) is 12.2. The average Bonchev–Trinajstić information content (AvgIpc) is 2.65. The highest BCUT2D eigenvalue weighted by atomic mass is 15.4. The monoisotopic (exact) mass is 169 g/mol. The van der Waals surface area contributed by atoms with Gasteiger partial charge < -0.3 is 0 Å². The number of para-hydroxylation sites is 1. The Balaban J connectivity index is 2.65. The van der Waals surface area contributed by atoms with Crippen LogP contribution in [0.4, 0.5) is 0 Å². The molecule has 0 fully saturated rings. The van der Waals surface area contributed by atoms with Gasteiger partial charge in [0.05, 0.1) is 17.2 Å². The van der Waals surface area contributed by atoms with Gasteiger partial charge in [0, 0.05) is 5.39 Å². The summed E-state index contributed by atoms with van der Waals surface area (Å²) in [5.74, 6) is 0. The van der Waals surface area contributed by atoms with Crippen molar-refractivity contribution >= 4 is 16.4 Å². The lowest BCUT2D eigenvalue weighted by Crippen LogP contribution is -1.89. The maximum absolute atomic E-state index is 4.01. The summed E-state index contributed by atoms with van der Waals surface area (Å²) in [4.78, 5) is 0. The Bertz CT molecular complexity index is 568. The lowest BCUT2D eigenvalue weighted by Gasteiger charge is -1.98. The summed E-state index contributed by atoms with van der Waals surface area (Å²) in [5, 5.41) is 9.06. The minimum absolute atomic E-state index is 1.03. The molecule has 3 heteroatoms. The number of aromatic nitrogens is 3. The maximum Gasteiger partial charge on any atom is 0.0872 e. The van der Waals surface area contributed by atoms with Gasteiger partial charge in [0.25, 0.3) is 0 Å². The summed E-state index contributed by atoms with van der Waals surface area (Å²) in [7, 11) is 0. The van der Waals surface area contributed by atoms with Gasteiger partial charge in [-0.05, 0) is 12.1 Å². The van der Waals surface area contributed by atoms with Crippen LogP contribution in [0.1, 0.15) is 0 Å².